The monoisotopic (exact) mass is 367 g/mol. The summed E-state index contributed by atoms with van der Waals surface area (Å²) < 4.78 is 53.9. The number of thioether (sulfide) groups is 1. The number of allylic oxidation sites excluding steroid dienone is 1. The summed E-state index contributed by atoms with van der Waals surface area (Å²) in [6.07, 6.45) is -2.76. The van der Waals surface area contributed by atoms with Crippen molar-refractivity contribution in [3.8, 4) is 0 Å². The molecule has 25 heavy (non-hydrogen) atoms. The predicted octanol–water partition coefficient (Wildman–Crippen LogP) is 4.87. The normalized spacial score (nSPS) is 19.7. The van der Waals surface area contributed by atoms with Crippen LogP contribution in [0.1, 0.15) is 29.0 Å². The Kier molecular flexibility index (Phi) is 4.60. The van der Waals surface area contributed by atoms with Crippen molar-refractivity contribution in [1.29, 1.82) is 0 Å². The molecule has 2 aromatic rings. The van der Waals surface area contributed by atoms with E-state index in [1.54, 1.807) is 35.9 Å². The molecule has 1 atom stereocenters. The summed E-state index contributed by atoms with van der Waals surface area (Å²) in [5.74, 6) is -0.378. The molecule has 2 aromatic carbocycles. The number of benzene rings is 2. The van der Waals surface area contributed by atoms with Gasteiger partial charge in [0.1, 0.15) is 10.8 Å². The lowest BCUT2D eigenvalue weighted by Gasteiger charge is -2.11. The molecule has 2 nitrogen and oxygen atoms in total. The topological polar surface area (TPSA) is 29.0 Å². The summed E-state index contributed by atoms with van der Waals surface area (Å²) in [5, 5.41) is 0.208. The molecule has 0 spiro atoms. The Balaban J connectivity index is 2.00. The standard InChI is InChI=1S/C18H15F4N2S/c1-11-16(23)25-17(12-6-8-14(9-7-12)18(20,21)22)24(11)10-13-4-2-3-5-15(13)19/h2-10,17H,23H2,1H3/q+1. The van der Waals surface area contributed by atoms with Crippen molar-refractivity contribution in [3.05, 3.63) is 81.8 Å². The summed E-state index contributed by atoms with van der Waals surface area (Å²) in [7, 11) is 0. The highest BCUT2D eigenvalue weighted by Crippen LogP contribution is 2.43. The van der Waals surface area contributed by atoms with Gasteiger partial charge in [-0.3, -0.25) is 0 Å². The maximum Gasteiger partial charge on any atom is 0.416 e. The first kappa shape index (κ1) is 17.5. The van der Waals surface area contributed by atoms with Crippen LogP contribution in [0, 0.1) is 5.82 Å². The second kappa shape index (κ2) is 6.55. The van der Waals surface area contributed by atoms with E-state index >= 15 is 0 Å². The van der Waals surface area contributed by atoms with E-state index in [9.17, 15) is 17.6 Å². The van der Waals surface area contributed by atoms with E-state index in [4.69, 9.17) is 5.73 Å². The Labute approximate surface area is 146 Å². The van der Waals surface area contributed by atoms with Crippen molar-refractivity contribution < 1.29 is 22.1 Å². The van der Waals surface area contributed by atoms with Crippen molar-refractivity contribution in [2.75, 3.05) is 0 Å². The Morgan fingerprint density at radius 1 is 1.08 bits per heavy atom. The Hall–Kier alpha value is -2.28. The first-order chi connectivity index (χ1) is 11.8. The zero-order valence-corrected chi connectivity index (χ0v) is 14.0. The zero-order chi connectivity index (χ0) is 18.2. The average Bonchev–Trinajstić information content (AvgIpc) is 2.84. The lowest BCUT2D eigenvalue weighted by atomic mass is 10.1. The second-order valence-corrected chi connectivity index (χ2v) is 6.72. The number of rotatable bonds is 2. The fourth-order valence-corrected chi connectivity index (χ4v) is 3.67. The minimum absolute atomic E-state index is 0.345. The van der Waals surface area contributed by atoms with E-state index in [2.05, 4.69) is 0 Å². The Bertz CT molecular complexity index is 854. The maximum absolute atomic E-state index is 13.9. The van der Waals surface area contributed by atoms with Crippen molar-refractivity contribution >= 4 is 18.0 Å². The lowest BCUT2D eigenvalue weighted by molar-refractivity contribution is -0.488. The van der Waals surface area contributed by atoms with Gasteiger partial charge in [-0.15, -0.1) is 0 Å². The molecule has 1 aliphatic heterocycles. The molecule has 0 radical (unpaired) electrons. The number of hydrogen-bond donors (Lipinski definition) is 1. The van der Waals surface area contributed by atoms with Gasteiger partial charge in [-0.2, -0.15) is 17.7 Å². The van der Waals surface area contributed by atoms with Gasteiger partial charge in [0.25, 0.3) is 0 Å². The van der Waals surface area contributed by atoms with Crippen LogP contribution in [0.25, 0.3) is 0 Å². The third-order valence-corrected chi connectivity index (χ3v) is 5.21. The number of nitrogens with zero attached hydrogens (tertiary/aromatic N) is 1. The van der Waals surface area contributed by atoms with Crippen LogP contribution in [-0.2, 0) is 6.18 Å². The molecule has 7 heteroatoms. The molecule has 0 amide bonds. The number of hydrogen-bond acceptors (Lipinski definition) is 2. The van der Waals surface area contributed by atoms with E-state index < -0.39 is 11.7 Å². The third kappa shape index (κ3) is 3.56. The molecule has 0 fully saturated rings. The van der Waals surface area contributed by atoms with Gasteiger partial charge < -0.3 is 5.73 Å². The van der Waals surface area contributed by atoms with E-state index in [1.807, 2.05) is 0 Å². The van der Waals surface area contributed by atoms with E-state index in [0.29, 0.717) is 16.2 Å². The van der Waals surface area contributed by atoms with E-state index in [-0.39, 0.29) is 11.2 Å². The van der Waals surface area contributed by atoms with Crippen LogP contribution >= 0.6 is 11.8 Å². The molecular formula is C18H15F4N2S+. The molecule has 0 bridgehead atoms. The minimum Gasteiger partial charge on any atom is -0.388 e. The van der Waals surface area contributed by atoms with Crippen LogP contribution < -0.4 is 5.73 Å². The second-order valence-electron chi connectivity index (χ2n) is 5.60. The van der Waals surface area contributed by atoms with Crippen LogP contribution in [0.5, 0.6) is 0 Å². The molecule has 130 valence electrons. The highest BCUT2D eigenvalue weighted by atomic mass is 32.2. The third-order valence-electron chi connectivity index (χ3n) is 3.94. The van der Waals surface area contributed by atoms with Gasteiger partial charge in [0.2, 0.25) is 11.1 Å². The van der Waals surface area contributed by atoms with Gasteiger partial charge in [-0.25, -0.2) is 4.39 Å². The van der Waals surface area contributed by atoms with Crippen molar-refractivity contribution in [3.63, 3.8) is 0 Å². The molecule has 0 aliphatic carbocycles. The molecule has 1 aliphatic rings. The van der Waals surface area contributed by atoms with Gasteiger partial charge in [0, 0.05) is 12.5 Å². The lowest BCUT2D eigenvalue weighted by Crippen LogP contribution is -2.14. The quantitative estimate of drug-likeness (QED) is 0.606. The maximum atomic E-state index is 13.9. The zero-order valence-electron chi connectivity index (χ0n) is 13.2. The number of halogens is 4. The Morgan fingerprint density at radius 3 is 2.32 bits per heavy atom. The molecule has 0 aromatic heterocycles. The predicted molar refractivity (Wildman–Crippen MR) is 90.5 cm³/mol. The van der Waals surface area contributed by atoms with Gasteiger partial charge in [0.15, 0.2) is 6.21 Å². The first-order valence-corrected chi connectivity index (χ1v) is 8.33. The summed E-state index contributed by atoms with van der Waals surface area (Å²) in [6.45, 7) is 1.80. The molecule has 1 heterocycles. The van der Waals surface area contributed by atoms with E-state index in [1.165, 1.54) is 30.0 Å². The molecular weight excluding hydrogens is 352 g/mol. The van der Waals surface area contributed by atoms with Crippen molar-refractivity contribution in [2.45, 2.75) is 18.5 Å². The molecule has 0 saturated carbocycles. The van der Waals surface area contributed by atoms with E-state index in [0.717, 1.165) is 17.8 Å². The summed E-state index contributed by atoms with van der Waals surface area (Å²) in [4.78, 5) is 0. The fraction of sp³-hybridized carbons (Fsp3) is 0.167. The number of alkyl halides is 3. The van der Waals surface area contributed by atoms with Gasteiger partial charge >= 0.3 is 6.18 Å². The number of nitrogens with two attached hydrogens (primary N) is 1. The van der Waals surface area contributed by atoms with Gasteiger partial charge in [-0.1, -0.05) is 24.3 Å². The van der Waals surface area contributed by atoms with Crippen LogP contribution in [0.2, 0.25) is 0 Å². The highest BCUT2D eigenvalue weighted by Gasteiger charge is 2.37. The largest absolute Gasteiger partial charge is 0.416 e. The molecule has 3 rings (SSSR count). The van der Waals surface area contributed by atoms with Crippen molar-refractivity contribution in [1.82, 2.24) is 0 Å². The van der Waals surface area contributed by atoms with Crippen LogP contribution in [0.3, 0.4) is 0 Å². The first-order valence-electron chi connectivity index (χ1n) is 7.45. The molecule has 2 N–H and O–H groups in total. The SMILES string of the molecule is CC1=C(N)SC(c2ccc(C(F)(F)F)cc2)[N+]1=Cc1ccccc1F. The molecule has 0 saturated heterocycles. The van der Waals surface area contributed by atoms with Crippen molar-refractivity contribution in [2.24, 2.45) is 5.73 Å². The Morgan fingerprint density at radius 2 is 1.72 bits per heavy atom. The van der Waals surface area contributed by atoms with Crippen LogP contribution in [-0.4, -0.2) is 10.8 Å². The fourth-order valence-electron chi connectivity index (χ4n) is 2.52. The highest BCUT2D eigenvalue weighted by molar-refractivity contribution is 8.03. The molecule has 1 unspecified atom stereocenters. The average molecular weight is 367 g/mol. The van der Waals surface area contributed by atoms with Gasteiger partial charge in [0.05, 0.1) is 11.1 Å². The summed E-state index contributed by atoms with van der Waals surface area (Å²) >= 11 is 1.32. The minimum atomic E-state index is -4.38. The summed E-state index contributed by atoms with van der Waals surface area (Å²) in [6, 6.07) is 11.2. The smallest absolute Gasteiger partial charge is 0.388 e. The van der Waals surface area contributed by atoms with Gasteiger partial charge in [-0.05, 0) is 36.0 Å². The summed E-state index contributed by atoms with van der Waals surface area (Å²) in [5.41, 5.74) is 7.06. The van der Waals surface area contributed by atoms with Crippen LogP contribution in [0.4, 0.5) is 17.6 Å². The van der Waals surface area contributed by atoms with Crippen LogP contribution in [0.15, 0.2) is 59.3 Å².